The molecule has 1 rings (SSSR count). The van der Waals surface area contributed by atoms with Gasteiger partial charge in [0.15, 0.2) is 11.6 Å². The van der Waals surface area contributed by atoms with Crippen LogP contribution in [0.2, 0.25) is 0 Å². The molecule has 4 heteroatoms. The van der Waals surface area contributed by atoms with Crippen LogP contribution in [0.25, 0.3) is 0 Å². The van der Waals surface area contributed by atoms with Crippen LogP contribution in [0.5, 0.6) is 5.75 Å². The highest BCUT2D eigenvalue weighted by Gasteiger charge is 2.14. The van der Waals surface area contributed by atoms with Crippen LogP contribution in [-0.4, -0.2) is 11.0 Å². The first kappa shape index (κ1) is 13.5. The third kappa shape index (κ3) is 3.19. The van der Waals surface area contributed by atoms with Gasteiger partial charge >= 0.3 is 0 Å². The molecule has 1 amide bonds. The predicted octanol–water partition coefficient (Wildman–Crippen LogP) is 3.25. The van der Waals surface area contributed by atoms with Crippen LogP contribution in [-0.2, 0) is 4.79 Å². The molecule has 0 spiro atoms. The lowest BCUT2D eigenvalue weighted by Crippen LogP contribution is -2.18. The molecule has 0 bridgehead atoms. The Bertz CT molecular complexity index is 428. The summed E-state index contributed by atoms with van der Waals surface area (Å²) >= 11 is 0. The molecule has 1 aromatic rings. The lowest BCUT2D eigenvalue weighted by atomic mass is 10.0. The number of hydrogen-bond donors (Lipinski definition) is 2. The Morgan fingerprint density at radius 1 is 1.29 bits per heavy atom. The van der Waals surface area contributed by atoms with Crippen molar-refractivity contribution in [3.8, 4) is 5.75 Å². The van der Waals surface area contributed by atoms with E-state index in [0.717, 1.165) is 6.07 Å². The van der Waals surface area contributed by atoms with Crippen LogP contribution >= 0.6 is 0 Å². The fourth-order valence-electron chi connectivity index (χ4n) is 1.42. The maximum atomic E-state index is 13.5. The quantitative estimate of drug-likeness (QED) is 0.795. The molecule has 94 valence electrons. The predicted molar refractivity (Wildman–Crippen MR) is 65.6 cm³/mol. The molecular weight excluding hydrogens is 221 g/mol. The summed E-state index contributed by atoms with van der Waals surface area (Å²) in [4.78, 5) is 11.5. The van der Waals surface area contributed by atoms with Crippen molar-refractivity contribution in [3.63, 3.8) is 0 Å². The standard InChI is InChI=1S/C13H18FNO2/c1-7(2)10-5-9(6-11(14)12(10)16)15-13(17)8(3)4/h5-8,16H,1-4H3,(H,15,17). The number of carbonyl (C=O) groups is 1. The maximum Gasteiger partial charge on any atom is 0.226 e. The number of rotatable bonds is 3. The van der Waals surface area contributed by atoms with Gasteiger partial charge in [0.1, 0.15) is 0 Å². The highest BCUT2D eigenvalue weighted by atomic mass is 19.1. The topological polar surface area (TPSA) is 49.3 Å². The fourth-order valence-corrected chi connectivity index (χ4v) is 1.42. The van der Waals surface area contributed by atoms with Gasteiger partial charge in [-0.1, -0.05) is 27.7 Å². The summed E-state index contributed by atoms with van der Waals surface area (Å²) < 4.78 is 13.5. The number of aromatic hydroxyl groups is 1. The van der Waals surface area contributed by atoms with E-state index in [-0.39, 0.29) is 23.5 Å². The molecule has 0 heterocycles. The van der Waals surface area contributed by atoms with Crippen LogP contribution < -0.4 is 5.32 Å². The number of carbonyl (C=O) groups excluding carboxylic acids is 1. The van der Waals surface area contributed by atoms with Gasteiger partial charge in [-0.05, 0) is 12.0 Å². The number of nitrogens with one attached hydrogen (secondary N) is 1. The van der Waals surface area contributed by atoms with Crippen molar-refractivity contribution in [2.24, 2.45) is 5.92 Å². The van der Waals surface area contributed by atoms with E-state index in [1.165, 1.54) is 0 Å². The lowest BCUT2D eigenvalue weighted by Gasteiger charge is -2.13. The van der Waals surface area contributed by atoms with Crippen molar-refractivity contribution >= 4 is 11.6 Å². The van der Waals surface area contributed by atoms with Crippen LogP contribution in [0.3, 0.4) is 0 Å². The average molecular weight is 239 g/mol. The Morgan fingerprint density at radius 3 is 2.35 bits per heavy atom. The first-order valence-corrected chi connectivity index (χ1v) is 5.66. The summed E-state index contributed by atoms with van der Waals surface area (Å²) in [5.41, 5.74) is 0.867. The molecule has 2 N–H and O–H groups in total. The summed E-state index contributed by atoms with van der Waals surface area (Å²) in [5, 5.41) is 12.2. The van der Waals surface area contributed by atoms with Crippen LogP contribution in [0, 0.1) is 11.7 Å². The minimum atomic E-state index is -0.713. The number of anilines is 1. The number of benzene rings is 1. The highest BCUT2D eigenvalue weighted by molar-refractivity contribution is 5.92. The van der Waals surface area contributed by atoms with Crippen molar-refractivity contribution in [3.05, 3.63) is 23.5 Å². The third-order valence-electron chi connectivity index (χ3n) is 2.51. The van der Waals surface area contributed by atoms with Gasteiger partial charge in [0.2, 0.25) is 5.91 Å². The number of phenolic OH excluding ortho intramolecular Hbond substituents is 1. The molecular formula is C13H18FNO2. The first-order valence-electron chi connectivity index (χ1n) is 5.66. The van der Waals surface area contributed by atoms with Crippen molar-refractivity contribution in [2.75, 3.05) is 5.32 Å². The molecule has 0 saturated heterocycles. The molecule has 0 unspecified atom stereocenters. The van der Waals surface area contributed by atoms with E-state index in [4.69, 9.17) is 0 Å². The lowest BCUT2D eigenvalue weighted by molar-refractivity contribution is -0.118. The molecule has 0 atom stereocenters. The summed E-state index contributed by atoms with van der Waals surface area (Å²) in [5.74, 6) is -1.42. The first-order chi connectivity index (χ1) is 7.82. The van der Waals surface area contributed by atoms with E-state index in [1.54, 1.807) is 19.9 Å². The van der Waals surface area contributed by atoms with E-state index in [1.807, 2.05) is 13.8 Å². The Labute approximate surface area is 101 Å². The van der Waals surface area contributed by atoms with Gasteiger partial charge in [-0.25, -0.2) is 4.39 Å². The van der Waals surface area contributed by atoms with Crippen molar-refractivity contribution in [2.45, 2.75) is 33.6 Å². The van der Waals surface area contributed by atoms with Gasteiger partial charge in [-0.3, -0.25) is 4.79 Å². The van der Waals surface area contributed by atoms with Crippen molar-refractivity contribution in [1.82, 2.24) is 0 Å². The zero-order valence-corrected chi connectivity index (χ0v) is 10.5. The van der Waals surface area contributed by atoms with Gasteiger partial charge in [-0.2, -0.15) is 0 Å². The molecule has 1 aromatic carbocycles. The molecule has 3 nitrogen and oxygen atoms in total. The van der Waals surface area contributed by atoms with Gasteiger partial charge in [-0.15, -0.1) is 0 Å². The molecule has 0 aromatic heterocycles. The minimum Gasteiger partial charge on any atom is -0.505 e. The Hall–Kier alpha value is -1.58. The van der Waals surface area contributed by atoms with E-state index in [0.29, 0.717) is 11.3 Å². The van der Waals surface area contributed by atoms with E-state index >= 15 is 0 Å². The van der Waals surface area contributed by atoms with Crippen molar-refractivity contribution < 1.29 is 14.3 Å². The molecule has 17 heavy (non-hydrogen) atoms. The molecule has 0 aliphatic heterocycles. The fraction of sp³-hybridized carbons (Fsp3) is 0.462. The maximum absolute atomic E-state index is 13.5. The summed E-state index contributed by atoms with van der Waals surface area (Å²) in [6.45, 7) is 7.22. The van der Waals surface area contributed by atoms with E-state index in [2.05, 4.69) is 5.32 Å². The zero-order chi connectivity index (χ0) is 13.2. The smallest absolute Gasteiger partial charge is 0.226 e. The van der Waals surface area contributed by atoms with Gasteiger partial charge in [0, 0.05) is 23.2 Å². The zero-order valence-electron chi connectivity index (χ0n) is 10.5. The Balaban J connectivity index is 3.07. The van der Waals surface area contributed by atoms with Gasteiger partial charge in [0.05, 0.1) is 0 Å². The van der Waals surface area contributed by atoms with Crippen molar-refractivity contribution in [1.29, 1.82) is 0 Å². The normalized spacial score (nSPS) is 11.0. The third-order valence-corrected chi connectivity index (χ3v) is 2.51. The number of halogens is 1. The SMILES string of the molecule is CC(C)C(=O)Nc1cc(F)c(O)c(C(C)C)c1. The summed E-state index contributed by atoms with van der Waals surface area (Å²) in [6.07, 6.45) is 0. The number of amides is 1. The van der Waals surface area contributed by atoms with E-state index < -0.39 is 5.82 Å². The molecule has 0 saturated carbocycles. The highest BCUT2D eigenvalue weighted by Crippen LogP contribution is 2.31. The number of hydrogen-bond acceptors (Lipinski definition) is 2. The minimum absolute atomic E-state index is 0.0135. The molecule has 0 radical (unpaired) electrons. The number of phenols is 1. The molecule has 0 aliphatic carbocycles. The van der Waals surface area contributed by atoms with Crippen LogP contribution in [0.1, 0.15) is 39.2 Å². The van der Waals surface area contributed by atoms with Crippen LogP contribution in [0.15, 0.2) is 12.1 Å². The molecule has 0 fully saturated rings. The Morgan fingerprint density at radius 2 is 1.88 bits per heavy atom. The van der Waals surface area contributed by atoms with Gasteiger partial charge < -0.3 is 10.4 Å². The monoisotopic (exact) mass is 239 g/mol. The largest absolute Gasteiger partial charge is 0.505 e. The molecule has 0 aliphatic rings. The summed E-state index contributed by atoms with van der Waals surface area (Å²) in [6, 6.07) is 2.73. The second-order valence-corrected chi connectivity index (χ2v) is 4.69. The van der Waals surface area contributed by atoms with E-state index in [9.17, 15) is 14.3 Å². The Kier molecular flexibility index (Phi) is 4.10. The second-order valence-electron chi connectivity index (χ2n) is 4.69. The average Bonchev–Trinajstić information content (AvgIpc) is 2.22. The van der Waals surface area contributed by atoms with Crippen LogP contribution in [0.4, 0.5) is 10.1 Å². The second kappa shape index (κ2) is 5.17. The summed E-state index contributed by atoms with van der Waals surface area (Å²) in [7, 11) is 0. The van der Waals surface area contributed by atoms with Gasteiger partial charge in [0.25, 0.3) is 0 Å².